The zero-order valence-corrected chi connectivity index (χ0v) is 19.7. The number of sulfonamides is 1. The van der Waals surface area contributed by atoms with Crippen LogP contribution in [0.4, 0.5) is 11.4 Å². The van der Waals surface area contributed by atoms with Crippen LogP contribution in [0.15, 0.2) is 42.9 Å². The van der Waals surface area contributed by atoms with Gasteiger partial charge in [0.05, 0.1) is 17.5 Å². The maximum absolute atomic E-state index is 11.7. The van der Waals surface area contributed by atoms with Crippen LogP contribution in [0.1, 0.15) is 23.1 Å². The fourth-order valence-electron chi connectivity index (χ4n) is 4.13. The van der Waals surface area contributed by atoms with Crippen molar-refractivity contribution in [2.75, 3.05) is 44.3 Å². The van der Waals surface area contributed by atoms with E-state index >= 15 is 0 Å². The number of nitrogens with zero attached hydrogens (tertiary/aromatic N) is 4. The maximum atomic E-state index is 11.7. The molecule has 4 rings (SSSR count). The Balaban J connectivity index is 1.45. The van der Waals surface area contributed by atoms with Crippen LogP contribution in [0.25, 0.3) is 17.0 Å². The zero-order chi connectivity index (χ0) is 23.4. The molecule has 1 aliphatic rings. The van der Waals surface area contributed by atoms with Gasteiger partial charge in [0, 0.05) is 73.5 Å². The predicted molar refractivity (Wildman–Crippen MR) is 132 cm³/mol. The summed E-state index contributed by atoms with van der Waals surface area (Å²) in [7, 11) is -3.11. The van der Waals surface area contributed by atoms with E-state index < -0.39 is 10.0 Å². The molecule has 3 aromatic rings. The number of nitrogens with one attached hydrogen (secondary N) is 2. The van der Waals surface area contributed by atoms with E-state index in [1.54, 1.807) is 12.4 Å². The summed E-state index contributed by atoms with van der Waals surface area (Å²) in [4.78, 5) is 9.72. The van der Waals surface area contributed by atoms with Gasteiger partial charge in [0.15, 0.2) is 0 Å². The second-order valence-electron chi connectivity index (χ2n) is 8.26. The fraction of sp³-hybridized carbons (Fsp3) is 0.333. The molecule has 9 heteroatoms. The first-order chi connectivity index (χ1) is 15.9. The molecule has 2 N–H and O–H groups in total. The number of hydrogen-bond donors (Lipinski definition) is 2. The van der Waals surface area contributed by atoms with Crippen LogP contribution in [-0.2, 0) is 10.0 Å². The van der Waals surface area contributed by atoms with E-state index in [2.05, 4.69) is 39.3 Å². The molecule has 0 atom stereocenters. The molecule has 3 heterocycles. The molecule has 33 heavy (non-hydrogen) atoms. The zero-order valence-electron chi connectivity index (χ0n) is 18.9. The second-order valence-corrected chi connectivity index (χ2v) is 10.2. The maximum Gasteiger partial charge on any atom is 0.211 e. The fourth-order valence-corrected chi connectivity index (χ4v) is 4.96. The van der Waals surface area contributed by atoms with Crippen molar-refractivity contribution in [2.45, 2.75) is 13.3 Å². The molecule has 0 radical (unpaired) electrons. The van der Waals surface area contributed by atoms with Gasteiger partial charge in [-0.3, -0.25) is 4.98 Å². The van der Waals surface area contributed by atoms with Crippen molar-refractivity contribution in [1.29, 1.82) is 5.26 Å². The smallest absolute Gasteiger partial charge is 0.211 e. The van der Waals surface area contributed by atoms with Crippen LogP contribution in [0.3, 0.4) is 0 Å². The van der Waals surface area contributed by atoms with Crippen LogP contribution in [0, 0.1) is 18.3 Å². The van der Waals surface area contributed by atoms with E-state index in [0.717, 1.165) is 59.5 Å². The number of rotatable bonds is 7. The van der Waals surface area contributed by atoms with Crippen molar-refractivity contribution in [2.24, 2.45) is 0 Å². The van der Waals surface area contributed by atoms with Crippen molar-refractivity contribution < 1.29 is 8.42 Å². The minimum absolute atomic E-state index is 0.489. The molecule has 0 saturated carbocycles. The van der Waals surface area contributed by atoms with E-state index in [4.69, 9.17) is 0 Å². The summed E-state index contributed by atoms with van der Waals surface area (Å²) in [5, 5.41) is 14.2. The Labute approximate surface area is 194 Å². The Hall–Kier alpha value is -3.19. The summed E-state index contributed by atoms with van der Waals surface area (Å²) in [6, 6.07) is 8.32. The highest BCUT2D eigenvalue weighted by Crippen LogP contribution is 2.30. The van der Waals surface area contributed by atoms with Gasteiger partial charge in [-0.1, -0.05) is 12.2 Å². The number of H-pyrrole nitrogens is 1. The third kappa shape index (κ3) is 5.25. The monoisotopic (exact) mass is 464 g/mol. The lowest BCUT2D eigenvalue weighted by molar-refractivity contribution is 0.192. The molecular formula is C24H28N6O2S. The lowest BCUT2D eigenvalue weighted by atomic mass is 10.1. The van der Waals surface area contributed by atoms with E-state index in [9.17, 15) is 13.7 Å². The largest absolute Gasteiger partial charge is 0.361 e. The third-order valence-corrected chi connectivity index (χ3v) is 7.37. The van der Waals surface area contributed by atoms with Crippen molar-refractivity contribution in [1.82, 2.24) is 19.2 Å². The van der Waals surface area contributed by atoms with Crippen LogP contribution in [-0.4, -0.2) is 66.6 Å². The highest BCUT2D eigenvalue weighted by atomic mass is 32.2. The number of pyridine rings is 1. The van der Waals surface area contributed by atoms with Crippen LogP contribution < -0.4 is 5.32 Å². The summed E-state index contributed by atoms with van der Waals surface area (Å²) < 4.78 is 24.8. The number of benzene rings is 1. The first kappa shape index (κ1) is 23.0. The van der Waals surface area contributed by atoms with Crippen LogP contribution in [0.2, 0.25) is 0 Å². The molecule has 0 amide bonds. The van der Waals surface area contributed by atoms with Crippen LogP contribution in [0.5, 0.6) is 0 Å². The topological polar surface area (TPSA) is 105 Å². The SMILES string of the molecule is Cc1c(Nc2c(C#N)cncc2/C=C/CCN2CCN(S(C)(=O)=O)CC2)ccc2[nH]ccc12. The van der Waals surface area contributed by atoms with Crippen molar-refractivity contribution in [3.63, 3.8) is 0 Å². The molecular weight excluding hydrogens is 436 g/mol. The van der Waals surface area contributed by atoms with Crippen molar-refractivity contribution in [3.05, 3.63) is 59.6 Å². The summed E-state index contributed by atoms with van der Waals surface area (Å²) >= 11 is 0. The van der Waals surface area contributed by atoms with E-state index in [1.165, 1.54) is 10.6 Å². The molecule has 1 fully saturated rings. The first-order valence-electron chi connectivity index (χ1n) is 10.9. The molecule has 1 saturated heterocycles. The van der Waals surface area contributed by atoms with Crippen molar-refractivity contribution >= 4 is 38.4 Å². The Morgan fingerprint density at radius 3 is 2.73 bits per heavy atom. The Kier molecular flexibility index (Phi) is 6.79. The lowest BCUT2D eigenvalue weighted by Gasteiger charge is -2.32. The average molecular weight is 465 g/mol. The third-order valence-electron chi connectivity index (χ3n) is 6.07. The molecule has 2 aromatic heterocycles. The summed E-state index contributed by atoms with van der Waals surface area (Å²) in [5.74, 6) is 0. The Bertz CT molecular complexity index is 1310. The van der Waals surface area contributed by atoms with Gasteiger partial charge in [0.2, 0.25) is 10.0 Å². The van der Waals surface area contributed by atoms with E-state index in [-0.39, 0.29) is 0 Å². The number of aromatic amines is 1. The summed E-state index contributed by atoms with van der Waals surface area (Å²) in [6.45, 7) is 5.46. The highest BCUT2D eigenvalue weighted by molar-refractivity contribution is 7.88. The minimum atomic E-state index is -3.11. The molecule has 0 bridgehead atoms. The summed E-state index contributed by atoms with van der Waals surface area (Å²) in [5.41, 5.74) is 5.21. The van der Waals surface area contributed by atoms with Gasteiger partial charge in [0.25, 0.3) is 0 Å². The molecule has 8 nitrogen and oxygen atoms in total. The molecule has 0 spiro atoms. The lowest BCUT2D eigenvalue weighted by Crippen LogP contribution is -2.48. The molecule has 1 aromatic carbocycles. The van der Waals surface area contributed by atoms with Gasteiger partial charge in [-0.2, -0.15) is 9.57 Å². The molecule has 0 aliphatic carbocycles. The van der Waals surface area contributed by atoms with Gasteiger partial charge in [0.1, 0.15) is 6.07 Å². The molecule has 0 unspecified atom stereocenters. The number of fused-ring (bicyclic) bond motifs is 1. The number of hydrogen-bond acceptors (Lipinski definition) is 6. The number of piperazine rings is 1. The number of aryl methyl sites for hydroxylation is 1. The van der Waals surface area contributed by atoms with Gasteiger partial charge in [-0.25, -0.2) is 8.42 Å². The minimum Gasteiger partial charge on any atom is -0.361 e. The van der Waals surface area contributed by atoms with E-state index in [1.807, 2.05) is 30.5 Å². The number of nitriles is 1. The van der Waals surface area contributed by atoms with Crippen LogP contribution >= 0.6 is 0 Å². The van der Waals surface area contributed by atoms with E-state index in [0.29, 0.717) is 18.7 Å². The highest BCUT2D eigenvalue weighted by Gasteiger charge is 2.22. The Morgan fingerprint density at radius 1 is 1.21 bits per heavy atom. The predicted octanol–water partition coefficient (Wildman–Crippen LogP) is 3.47. The normalized spacial score (nSPS) is 15.8. The first-order valence-corrected chi connectivity index (χ1v) is 12.8. The quantitative estimate of drug-likeness (QED) is 0.555. The number of anilines is 2. The van der Waals surface area contributed by atoms with Gasteiger partial charge in [-0.15, -0.1) is 0 Å². The molecule has 1 aliphatic heterocycles. The summed E-state index contributed by atoms with van der Waals surface area (Å²) in [6.07, 6.45) is 11.4. The second kappa shape index (κ2) is 9.75. The Morgan fingerprint density at radius 2 is 2.00 bits per heavy atom. The molecule has 172 valence electrons. The standard InChI is InChI=1S/C24H28N6O2S/c1-18-21-8-9-27-23(21)7-6-22(18)28-24-19(16-26-17-20(24)15-25)5-3-4-10-29-11-13-30(14-12-29)33(2,31)32/h3,5-9,16-17,27H,4,10-14H2,1-2H3,(H,26,28)/b5-3+. The number of aromatic nitrogens is 2. The van der Waals surface area contributed by atoms with Crippen molar-refractivity contribution in [3.8, 4) is 6.07 Å². The van der Waals surface area contributed by atoms with Gasteiger partial charge in [-0.05, 0) is 37.1 Å². The van der Waals surface area contributed by atoms with Gasteiger partial charge < -0.3 is 15.2 Å². The average Bonchev–Trinajstić information content (AvgIpc) is 3.28. The van der Waals surface area contributed by atoms with Gasteiger partial charge >= 0.3 is 0 Å².